The predicted molar refractivity (Wildman–Crippen MR) is 96.0 cm³/mol. The average Bonchev–Trinajstić information content (AvgIpc) is 2.60. The molecule has 0 spiro atoms. The second-order valence-electron chi connectivity index (χ2n) is 5.57. The van der Waals surface area contributed by atoms with E-state index in [1.165, 1.54) is 0 Å². The predicted octanol–water partition coefficient (Wildman–Crippen LogP) is 2.78. The van der Waals surface area contributed by atoms with Crippen LogP contribution in [-0.4, -0.2) is 28.6 Å². The molecule has 1 aromatic carbocycles. The number of hydrogen-bond acceptors (Lipinski definition) is 4. The zero-order valence-corrected chi connectivity index (χ0v) is 14.4. The third-order valence-electron chi connectivity index (χ3n) is 3.68. The first-order valence-electron chi connectivity index (χ1n) is 7.94. The van der Waals surface area contributed by atoms with Crippen LogP contribution in [0.2, 0.25) is 5.15 Å². The van der Waals surface area contributed by atoms with Crippen molar-refractivity contribution >= 4 is 23.2 Å². The molecule has 0 radical (unpaired) electrons. The molecule has 24 heavy (non-hydrogen) atoms. The SMILES string of the molecule is CCC(CO)NC(=O)Cc1ccc(NCc2ccc(Cl)nc2)cc1. The van der Waals surface area contributed by atoms with Gasteiger partial charge in [0.2, 0.25) is 5.91 Å². The molecule has 1 heterocycles. The molecule has 1 amide bonds. The number of aliphatic hydroxyl groups is 1. The van der Waals surface area contributed by atoms with Crippen LogP contribution in [0.15, 0.2) is 42.6 Å². The van der Waals surface area contributed by atoms with Crippen molar-refractivity contribution < 1.29 is 9.90 Å². The van der Waals surface area contributed by atoms with Crippen LogP contribution in [0.1, 0.15) is 24.5 Å². The first-order valence-corrected chi connectivity index (χ1v) is 8.32. The van der Waals surface area contributed by atoms with E-state index in [2.05, 4.69) is 15.6 Å². The fraction of sp³-hybridized carbons (Fsp3) is 0.333. The lowest BCUT2D eigenvalue weighted by atomic mass is 10.1. The molecule has 6 heteroatoms. The molecule has 0 aliphatic carbocycles. The lowest BCUT2D eigenvalue weighted by Crippen LogP contribution is -2.37. The first kappa shape index (κ1) is 18.2. The fourth-order valence-corrected chi connectivity index (χ4v) is 2.31. The summed E-state index contributed by atoms with van der Waals surface area (Å²) in [6, 6.07) is 11.2. The van der Waals surface area contributed by atoms with Gasteiger partial charge in [-0.15, -0.1) is 0 Å². The van der Waals surface area contributed by atoms with Gasteiger partial charge in [-0.3, -0.25) is 4.79 Å². The van der Waals surface area contributed by atoms with Crippen LogP contribution in [0.3, 0.4) is 0 Å². The average molecular weight is 348 g/mol. The molecule has 0 aliphatic rings. The number of aromatic nitrogens is 1. The maximum atomic E-state index is 11.9. The van der Waals surface area contributed by atoms with Gasteiger partial charge in [-0.1, -0.05) is 36.7 Å². The van der Waals surface area contributed by atoms with Crippen LogP contribution in [0.5, 0.6) is 0 Å². The van der Waals surface area contributed by atoms with E-state index in [9.17, 15) is 4.79 Å². The third kappa shape index (κ3) is 5.83. The molecule has 1 unspecified atom stereocenters. The molecular formula is C18H22ClN3O2. The quantitative estimate of drug-likeness (QED) is 0.642. The molecule has 2 rings (SSSR count). The van der Waals surface area contributed by atoms with Crippen molar-refractivity contribution in [2.75, 3.05) is 11.9 Å². The monoisotopic (exact) mass is 347 g/mol. The summed E-state index contributed by atoms with van der Waals surface area (Å²) >= 11 is 5.76. The number of carbonyl (C=O) groups is 1. The summed E-state index contributed by atoms with van der Waals surface area (Å²) < 4.78 is 0. The van der Waals surface area contributed by atoms with Crippen molar-refractivity contribution in [1.29, 1.82) is 0 Å². The highest BCUT2D eigenvalue weighted by Gasteiger charge is 2.09. The lowest BCUT2D eigenvalue weighted by molar-refractivity contribution is -0.121. The summed E-state index contributed by atoms with van der Waals surface area (Å²) in [7, 11) is 0. The van der Waals surface area contributed by atoms with Gasteiger partial charge in [0.1, 0.15) is 5.15 Å². The van der Waals surface area contributed by atoms with E-state index < -0.39 is 0 Å². The van der Waals surface area contributed by atoms with Gasteiger partial charge < -0.3 is 15.7 Å². The molecule has 2 aromatic rings. The number of amides is 1. The number of halogens is 1. The number of hydrogen-bond donors (Lipinski definition) is 3. The minimum absolute atomic E-state index is 0.0371. The van der Waals surface area contributed by atoms with Crippen molar-refractivity contribution in [3.8, 4) is 0 Å². The Morgan fingerprint density at radius 3 is 2.50 bits per heavy atom. The summed E-state index contributed by atoms with van der Waals surface area (Å²) in [5.74, 6) is -0.0798. The summed E-state index contributed by atoms with van der Waals surface area (Å²) in [5, 5.41) is 15.7. The molecule has 0 saturated carbocycles. The van der Waals surface area contributed by atoms with Gasteiger partial charge in [0, 0.05) is 18.4 Å². The van der Waals surface area contributed by atoms with Gasteiger partial charge in [0.15, 0.2) is 0 Å². The minimum Gasteiger partial charge on any atom is -0.394 e. The number of rotatable bonds is 8. The Morgan fingerprint density at radius 2 is 1.92 bits per heavy atom. The smallest absolute Gasteiger partial charge is 0.224 e. The van der Waals surface area contributed by atoms with Crippen LogP contribution in [0.4, 0.5) is 5.69 Å². The highest BCUT2D eigenvalue weighted by molar-refractivity contribution is 6.29. The van der Waals surface area contributed by atoms with E-state index in [0.29, 0.717) is 24.5 Å². The zero-order chi connectivity index (χ0) is 17.4. The van der Waals surface area contributed by atoms with E-state index in [4.69, 9.17) is 16.7 Å². The van der Waals surface area contributed by atoms with Crippen LogP contribution in [-0.2, 0) is 17.8 Å². The largest absolute Gasteiger partial charge is 0.394 e. The summed E-state index contributed by atoms with van der Waals surface area (Å²) in [6.45, 7) is 2.54. The Balaban J connectivity index is 1.84. The van der Waals surface area contributed by atoms with Gasteiger partial charge in [-0.2, -0.15) is 0 Å². The molecule has 0 saturated heterocycles. The van der Waals surface area contributed by atoms with Crippen LogP contribution in [0.25, 0.3) is 0 Å². The number of nitrogens with zero attached hydrogens (tertiary/aromatic N) is 1. The Kier molecular flexibility index (Phi) is 7.03. The number of benzene rings is 1. The van der Waals surface area contributed by atoms with Crippen molar-refractivity contribution in [1.82, 2.24) is 10.3 Å². The van der Waals surface area contributed by atoms with E-state index >= 15 is 0 Å². The summed E-state index contributed by atoms with van der Waals surface area (Å²) in [4.78, 5) is 15.9. The Hall–Kier alpha value is -2.11. The van der Waals surface area contributed by atoms with Gasteiger partial charge in [-0.05, 0) is 35.7 Å². The van der Waals surface area contributed by atoms with E-state index in [1.54, 1.807) is 12.3 Å². The Labute approximate surface area is 147 Å². The molecule has 0 aliphatic heterocycles. The number of pyridine rings is 1. The molecule has 1 atom stereocenters. The zero-order valence-electron chi connectivity index (χ0n) is 13.6. The van der Waals surface area contributed by atoms with E-state index in [1.807, 2.05) is 37.3 Å². The second-order valence-corrected chi connectivity index (χ2v) is 5.96. The highest BCUT2D eigenvalue weighted by atomic mass is 35.5. The first-order chi connectivity index (χ1) is 11.6. The molecule has 0 bridgehead atoms. The van der Waals surface area contributed by atoms with Crippen molar-refractivity contribution in [3.05, 3.63) is 58.9 Å². The van der Waals surface area contributed by atoms with Gasteiger partial charge in [0.25, 0.3) is 0 Å². The maximum Gasteiger partial charge on any atom is 0.224 e. The topological polar surface area (TPSA) is 74.2 Å². The lowest BCUT2D eigenvalue weighted by Gasteiger charge is -2.14. The second kappa shape index (κ2) is 9.25. The summed E-state index contributed by atoms with van der Waals surface area (Å²) in [6.07, 6.45) is 2.75. The number of nitrogens with one attached hydrogen (secondary N) is 2. The highest BCUT2D eigenvalue weighted by Crippen LogP contribution is 2.12. The van der Waals surface area contributed by atoms with Crippen LogP contribution in [0, 0.1) is 0 Å². The Morgan fingerprint density at radius 1 is 1.21 bits per heavy atom. The molecule has 0 fully saturated rings. The Bertz CT molecular complexity index is 640. The standard InChI is InChI=1S/C18H22ClN3O2/c1-2-15(12-23)22-18(24)9-13-3-6-16(7-4-13)20-10-14-5-8-17(19)21-11-14/h3-8,11,15,20,23H,2,9-10,12H2,1H3,(H,22,24). The minimum atomic E-state index is -0.175. The molecule has 5 nitrogen and oxygen atoms in total. The fourth-order valence-electron chi connectivity index (χ4n) is 2.20. The third-order valence-corrected chi connectivity index (χ3v) is 3.91. The van der Waals surface area contributed by atoms with Gasteiger partial charge >= 0.3 is 0 Å². The molecule has 1 aromatic heterocycles. The molecular weight excluding hydrogens is 326 g/mol. The van der Waals surface area contributed by atoms with Crippen LogP contribution >= 0.6 is 11.6 Å². The number of anilines is 1. The van der Waals surface area contributed by atoms with Gasteiger partial charge in [-0.25, -0.2) is 4.98 Å². The van der Waals surface area contributed by atoms with E-state index in [0.717, 1.165) is 16.8 Å². The number of aliphatic hydroxyl groups excluding tert-OH is 1. The molecule has 128 valence electrons. The van der Waals surface area contributed by atoms with Crippen LogP contribution < -0.4 is 10.6 Å². The maximum absolute atomic E-state index is 11.9. The van der Waals surface area contributed by atoms with Gasteiger partial charge in [0.05, 0.1) is 19.1 Å². The normalized spacial score (nSPS) is 11.8. The van der Waals surface area contributed by atoms with Crippen molar-refractivity contribution in [2.45, 2.75) is 32.4 Å². The van der Waals surface area contributed by atoms with E-state index in [-0.39, 0.29) is 18.6 Å². The van der Waals surface area contributed by atoms with Crippen molar-refractivity contribution in [3.63, 3.8) is 0 Å². The number of carbonyl (C=O) groups excluding carboxylic acids is 1. The molecule has 3 N–H and O–H groups in total. The summed E-state index contributed by atoms with van der Waals surface area (Å²) in [5.41, 5.74) is 2.94. The van der Waals surface area contributed by atoms with Crippen molar-refractivity contribution in [2.24, 2.45) is 0 Å².